The lowest BCUT2D eigenvalue weighted by Crippen LogP contribution is -2.23. The van der Waals surface area contributed by atoms with Crippen LogP contribution in [0.1, 0.15) is 10.4 Å². The smallest absolute Gasteiger partial charge is 0.251 e. The van der Waals surface area contributed by atoms with Crippen molar-refractivity contribution >= 4 is 23.3 Å². The third kappa shape index (κ3) is 2.74. The van der Waals surface area contributed by atoms with Crippen LogP contribution in [-0.4, -0.2) is 17.4 Å². The summed E-state index contributed by atoms with van der Waals surface area (Å²) in [6.45, 7) is 3.89. The van der Waals surface area contributed by atoms with Crippen molar-refractivity contribution in [3.8, 4) is 0 Å². The lowest BCUT2D eigenvalue weighted by Gasteiger charge is -2.03. The molecule has 14 heavy (non-hydrogen) atoms. The Labute approximate surface area is 86.8 Å². The second kappa shape index (κ2) is 4.62. The number of amides is 1. The fourth-order valence-corrected chi connectivity index (χ4v) is 1.13. The number of carbonyl (C=O) groups is 1. The zero-order chi connectivity index (χ0) is 10.6. The second-order valence-electron chi connectivity index (χ2n) is 2.60. The summed E-state index contributed by atoms with van der Waals surface area (Å²) in [6.07, 6.45) is 1.59. The first-order valence-electron chi connectivity index (χ1n) is 3.95. The van der Waals surface area contributed by atoms with E-state index in [2.05, 4.69) is 16.9 Å². The maximum atomic E-state index is 11.4. The number of halogens is 1. The Hall–Kier alpha value is -1.55. The Bertz CT molecular complexity index is 345. The van der Waals surface area contributed by atoms with Crippen molar-refractivity contribution in [1.82, 2.24) is 10.3 Å². The van der Waals surface area contributed by atoms with Gasteiger partial charge >= 0.3 is 0 Å². The first kappa shape index (κ1) is 10.5. The Morgan fingerprint density at radius 2 is 2.43 bits per heavy atom. The van der Waals surface area contributed by atoms with Crippen molar-refractivity contribution in [2.75, 3.05) is 12.3 Å². The molecule has 3 N–H and O–H groups in total. The van der Waals surface area contributed by atoms with Gasteiger partial charge in [0, 0.05) is 12.1 Å². The van der Waals surface area contributed by atoms with Crippen LogP contribution in [0.5, 0.6) is 0 Å². The molecule has 5 heteroatoms. The van der Waals surface area contributed by atoms with Gasteiger partial charge in [-0.25, -0.2) is 4.98 Å². The first-order chi connectivity index (χ1) is 6.63. The quantitative estimate of drug-likeness (QED) is 0.584. The predicted octanol–water partition coefficient (Wildman–Crippen LogP) is 1.23. The molecule has 0 radical (unpaired) electrons. The van der Waals surface area contributed by atoms with Crippen LogP contribution in [0.3, 0.4) is 0 Å². The van der Waals surface area contributed by atoms with Gasteiger partial charge in [0.1, 0.15) is 11.0 Å². The summed E-state index contributed by atoms with van der Waals surface area (Å²) in [5.74, 6) is -0.0258. The zero-order valence-corrected chi connectivity index (χ0v) is 8.21. The van der Waals surface area contributed by atoms with E-state index in [0.717, 1.165) is 0 Å². The fourth-order valence-electron chi connectivity index (χ4n) is 0.915. The molecule has 1 heterocycles. The lowest BCUT2D eigenvalue weighted by atomic mass is 10.2. The fraction of sp³-hybridized carbons (Fsp3) is 0.111. The molecule has 1 aromatic rings. The van der Waals surface area contributed by atoms with Crippen molar-refractivity contribution < 1.29 is 4.79 Å². The summed E-state index contributed by atoms with van der Waals surface area (Å²) in [7, 11) is 0. The van der Waals surface area contributed by atoms with Gasteiger partial charge in [-0.2, -0.15) is 0 Å². The molecule has 0 atom stereocenters. The van der Waals surface area contributed by atoms with Gasteiger partial charge in [0.2, 0.25) is 0 Å². The van der Waals surface area contributed by atoms with Crippen LogP contribution in [0.25, 0.3) is 0 Å². The Morgan fingerprint density at radius 1 is 1.71 bits per heavy atom. The van der Waals surface area contributed by atoms with Gasteiger partial charge < -0.3 is 11.1 Å². The molecule has 0 aliphatic carbocycles. The zero-order valence-electron chi connectivity index (χ0n) is 7.46. The summed E-state index contributed by atoms with van der Waals surface area (Å²) >= 11 is 5.64. The molecule has 0 saturated heterocycles. The van der Waals surface area contributed by atoms with Gasteiger partial charge in [-0.1, -0.05) is 17.7 Å². The highest BCUT2D eigenvalue weighted by Crippen LogP contribution is 2.11. The number of nitrogen functional groups attached to an aromatic ring is 1. The molecule has 0 saturated carbocycles. The molecule has 74 valence electrons. The highest BCUT2D eigenvalue weighted by Gasteiger charge is 2.06. The summed E-state index contributed by atoms with van der Waals surface area (Å²) in [4.78, 5) is 15.1. The van der Waals surface area contributed by atoms with Crippen molar-refractivity contribution in [2.45, 2.75) is 0 Å². The van der Waals surface area contributed by atoms with E-state index in [9.17, 15) is 4.79 Å². The normalized spacial score (nSPS) is 9.50. The molecule has 1 rings (SSSR count). The van der Waals surface area contributed by atoms with Crippen LogP contribution in [0, 0.1) is 0 Å². The molecule has 0 aromatic carbocycles. The third-order valence-corrected chi connectivity index (χ3v) is 1.68. The van der Waals surface area contributed by atoms with Gasteiger partial charge in [0.25, 0.3) is 5.91 Å². The molecule has 1 aromatic heterocycles. The standard InChI is InChI=1S/C9H10ClN3O/c1-2-3-12-9(14)6-4-7(10)13-8(11)5-6/h2,4-5H,1,3H2,(H2,11,13)(H,12,14). The number of nitrogens with two attached hydrogens (primary N) is 1. The Morgan fingerprint density at radius 3 is 3.00 bits per heavy atom. The van der Waals surface area contributed by atoms with Crippen LogP contribution < -0.4 is 11.1 Å². The van der Waals surface area contributed by atoms with E-state index >= 15 is 0 Å². The number of hydrogen-bond donors (Lipinski definition) is 2. The van der Waals surface area contributed by atoms with Crippen molar-refractivity contribution in [1.29, 1.82) is 0 Å². The van der Waals surface area contributed by atoms with E-state index in [1.54, 1.807) is 6.08 Å². The number of nitrogens with zero attached hydrogens (tertiary/aromatic N) is 1. The molecule has 0 spiro atoms. The Kier molecular flexibility index (Phi) is 3.48. The van der Waals surface area contributed by atoms with Crippen LogP contribution in [0.15, 0.2) is 24.8 Å². The average Bonchev–Trinajstić information content (AvgIpc) is 2.12. The number of rotatable bonds is 3. The molecule has 0 fully saturated rings. The third-order valence-electron chi connectivity index (χ3n) is 1.48. The van der Waals surface area contributed by atoms with Crippen LogP contribution in [0.2, 0.25) is 5.15 Å². The Balaban J connectivity index is 2.84. The van der Waals surface area contributed by atoms with E-state index in [1.807, 2.05) is 0 Å². The van der Waals surface area contributed by atoms with E-state index in [0.29, 0.717) is 12.1 Å². The maximum absolute atomic E-state index is 11.4. The summed E-state index contributed by atoms with van der Waals surface area (Å²) < 4.78 is 0. The SMILES string of the molecule is C=CCNC(=O)c1cc(N)nc(Cl)c1. The number of carbonyl (C=O) groups excluding carboxylic acids is 1. The average molecular weight is 212 g/mol. The molecule has 0 aliphatic heterocycles. The van der Waals surface area contributed by atoms with Gasteiger partial charge in [0.05, 0.1) is 0 Å². The minimum atomic E-state index is -0.249. The monoisotopic (exact) mass is 211 g/mol. The van der Waals surface area contributed by atoms with Crippen LogP contribution in [0.4, 0.5) is 5.82 Å². The first-order valence-corrected chi connectivity index (χ1v) is 4.33. The maximum Gasteiger partial charge on any atom is 0.251 e. The number of aromatic nitrogens is 1. The number of pyridine rings is 1. The summed E-state index contributed by atoms with van der Waals surface area (Å²) in [5, 5.41) is 2.81. The van der Waals surface area contributed by atoms with Crippen LogP contribution >= 0.6 is 11.6 Å². The lowest BCUT2D eigenvalue weighted by molar-refractivity contribution is 0.0958. The number of hydrogen-bond acceptors (Lipinski definition) is 3. The van der Waals surface area contributed by atoms with E-state index in [4.69, 9.17) is 17.3 Å². The minimum Gasteiger partial charge on any atom is -0.384 e. The van der Waals surface area contributed by atoms with Crippen molar-refractivity contribution in [2.24, 2.45) is 0 Å². The minimum absolute atomic E-state index is 0.203. The summed E-state index contributed by atoms with van der Waals surface area (Å²) in [6, 6.07) is 2.92. The highest BCUT2D eigenvalue weighted by molar-refractivity contribution is 6.29. The van der Waals surface area contributed by atoms with E-state index < -0.39 is 0 Å². The number of nitrogens with one attached hydrogen (secondary N) is 1. The second-order valence-corrected chi connectivity index (χ2v) is 2.99. The molecular formula is C9H10ClN3O. The largest absolute Gasteiger partial charge is 0.384 e. The van der Waals surface area contributed by atoms with E-state index in [-0.39, 0.29) is 16.9 Å². The molecule has 0 bridgehead atoms. The molecule has 0 aliphatic rings. The van der Waals surface area contributed by atoms with E-state index in [1.165, 1.54) is 12.1 Å². The number of anilines is 1. The van der Waals surface area contributed by atoms with Gasteiger partial charge in [0.15, 0.2) is 0 Å². The topological polar surface area (TPSA) is 68.0 Å². The van der Waals surface area contributed by atoms with Gasteiger partial charge in [-0.05, 0) is 12.1 Å². The highest BCUT2D eigenvalue weighted by atomic mass is 35.5. The van der Waals surface area contributed by atoms with Crippen molar-refractivity contribution in [3.05, 3.63) is 35.5 Å². The van der Waals surface area contributed by atoms with Crippen molar-refractivity contribution in [3.63, 3.8) is 0 Å². The summed E-state index contributed by atoms with van der Waals surface area (Å²) in [5.41, 5.74) is 5.82. The predicted molar refractivity (Wildman–Crippen MR) is 56.2 cm³/mol. The van der Waals surface area contributed by atoms with Crippen LogP contribution in [-0.2, 0) is 0 Å². The molecule has 0 unspecified atom stereocenters. The molecule has 4 nitrogen and oxygen atoms in total. The molecular weight excluding hydrogens is 202 g/mol. The molecule has 1 amide bonds. The van der Waals surface area contributed by atoms with Gasteiger partial charge in [-0.15, -0.1) is 6.58 Å². The van der Waals surface area contributed by atoms with Gasteiger partial charge in [-0.3, -0.25) is 4.79 Å².